The molecule has 0 spiro atoms. The number of H-pyrrole nitrogens is 2. The van der Waals surface area contributed by atoms with Crippen molar-refractivity contribution in [3.05, 3.63) is 66.1 Å². The summed E-state index contributed by atoms with van der Waals surface area (Å²) in [5.41, 5.74) is 2.41. The van der Waals surface area contributed by atoms with Crippen LogP contribution in [0.5, 0.6) is 5.75 Å². The van der Waals surface area contributed by atoms with E-state index in [9.17, 15) is 15.0 Å². The minimum Gasteiger partial charge on any atom is -0.508 e. The zero-order chi connectivity index (χ0) is 17.8. The number of carboxylic acids is 1. The zero-order valence-corrected chi connectivity index (χ0v) is 13.4. The number of carboxylic acid groups (broad SMARTS) is 1. The largest absolute Gasteiger partial charge is 0.508 e. The highest BCUT2D eigenvalue weighted by molar-refractivity contribution is 6.03. The summed E-state index contributed by atoms with van der Waals surface area (Å²) in [4.78, 5) is 18.6. The molecule has 0 saturated carbocycles. The summed E-state index contributed by atoms with van der Waals surface area (Å²) in [6, 6.07) is 11.8. The number of rotatable bonds is 2. The maximum absolute atomic E-state index is 11.4. The first-order valence-electron chi connectivity index (χ1n) is 7.52. The van der Waals surface area contributed by atoms with Crippen molar-refractivity contribution < 1.29 is 15.0 Å². The van der Waals surface area contributed by atoms with Gasteiger partial charge in [-0.2, -0.15) is 5.10 Å². The highest BCUT2D eigenvalue weighted by Crippen LogP contribution is 2.26. The Morgan fingerprint density at radius 3 is 2.36 bits per heavy atom. The van der Waals surface area contributed by atoms with Crippen molar-refractivity contribution in [3.63, 3.8) is 0 Å². The van der Waals surface area contributed by atoms with Gasteiger partial charge in [0.25, 0.3) is 0 Å². The molecule has 3 heterocycles. The third kappa shape index (κ3) is 3.50. The summed E-state index contributed by atoms with van der Waals surface area (Å²) in [7, 11) is 0. The molecule has 0 atom stereocenters. The molecule has 0 amide bonds. The molecule has 0 fully saturated rings. The van der Waals surface area contributed by atoms with Crippen molar-refractivity contribution in [2.75, 3.05) is 0 Å². The Kier molecular flexibility index (Phi) is 4.47. The Morgan fingerprint density at radius 2 is 1.80 bits per heavy atom. The predicted octanol–water partition coefficient (Wildman–Crippen LogP) is 3.35. The molecule has 7 nitrogen and oxygen atoms in total. The van der Waals surface area contributed by atoms with E-state index >= 15 is 0 Å². The van der Waals surface area contributed by atoms with Crippen LogP contribution in [0.15, 0.2) is 54.9 Å². The molecule has 0 unspecified atom stereocenters. The SMILES string of the molecule is Cc1[nH]nc2nc(-c3ccc(O)cc3)cc(C(=O)O)c12.c1cc[nH]c1. The van der Waals surface area contributed by atoms with Gasteiger partial charge in [0.1, 0.15) is 5.75 Å². The Balaban J connectivity index is 0.000000314. The van der Waals surface area contributed by atoms with Gasteiger partial charge in [-0.1, -0.05) is 0 Å². The molecule has 0 aliphatic heterocycles. The number of benzene rings is 1. The number of phenols is 1. The van der Waals surface area contributed by atoms with Crippen LogP contribution in [0.3, 0.4) is 0 Å². The lowest BCUT2D eigenvalue weighted by atomic mass is 10.1. The fraction of sp³-hybridized carbons (Fsp3) is 0.0556. The number of phenolic OH excluding ortho intramolecular Hbond substituents is 1. The van der Waals surface area contributed by atoms with Crippen molar-refractivity contribution in [1.82, 2.24) is 20.2 Å². The van der Waals surface area contributed by atoms with Crippen molar-refractivity contribution in [2.24, 2.45) is 0 Å². The van der Waals surface area contributed by atoms with Crippen LogP contribution in [-0.4, -0.2) is 36.3 Å². The number of hydrogen-bond acceptors (Lipinski definition) is 4. The van der Waals surface area contributed by atoms with Gasteiger partial charge in [0, 0.05) is 23.7 Å². The molecule has 0 saturated heterocycles. The Morgan fingerprint density at radius 1 is 1.12 bits per heavy atom. The van der Waals surface area contributed by atoms with Crippen molar-refractivity contribution in [2.45, 2.75) is 6.92 Å². The second-order valence-electron chi connectivity index (χ2n) is 5.34. The van der Waals surface area contributed by atoms with E-state index in [2.05, 4.69) is 20.2 Å². The molecule has 4 aromatic rings. The van der Waals surface area contributed by atoms with Crippen LogP contribution >= 0.6 is 0 Å². The quantitative estimate of drug-likeness (QED) is 0.448. The Bertz CT molecular complexity index is 972. The smallest absolute Gasteiger partial charge is 0.336 e. The third-order valence-electron chi connectivity index (χ3n) is 3.59. The van der Waals surface area contributed by atoms with E-state index in [0.29, 0.717) is 28.0 Å². The van der Waals surface area contributed by atoms with Gasteiger partial charge in [0.05, 0.1) is 16.6 Å². The number of aryl methyl sites for hydroxylation is 1. The third-order valence-corrected chi connectivity index (χ3v) is 3.59. The van der Waals surface area contributed by atoms with Gasteiger partial charge >= 0.3 is 5.97 Å². The summed E-state index contributed by atoms with van der Waals surface area (Å²) >= 11 is 0. The van der Waals surface area contributed by atoms with Crippen molar-refractivity contribution >= 4 is 17.0 Å². The standard InChI is InChI=1S/C14H11N3O3.C4H5N/c1-7-12-10(14(19)20)6-11(15-13(12)17-16-7)8-2-4-9(18)5-3-8;1-2-4-5-3-1/h2-6,18H,1H3,(H,19,20)(H,15,16,17);1-5H. The lowest BCUT2D eigenvalue weighted by Gasteiger charge is -2.04. The summed E-state index contributed by atoms with van der Waals surface area (Å²) < 4.78 is 0. The van der Waals surface area contributed by atoms with Gasteiger partial charge in [0.2, 0.25) is 0 Å². The first-order valence-corrected chi connectivity index (χ1v) is 7.52. The molecule has 4 rings (SSSR count). The van der Waals surface area contributed by atoms with Gasteiger partial charge in [0.15, 0.2) is 5.65 Å². The van der Waals surface area contributed by atoms with Crippen LogP contribution in [-0.2, 0) is 0 Å². The van der Waals surface area contributed by atoms with Crippen molar-refractivity contribution in [3.8, 4) is 17.0 Å². The van der Waals surface area contributed by atoms with E-state index in [1.807, 2.05) is 24.5 Å². The lowest BCUT2D eigenvalue weighted by Crippen LogP contribution is -2.00. The first-order chi connectivity index (χ1) is 12.1. The number of pyridine rings is 1. The molecular formula is C18H16N4O3. The van der Waals surface area contributed by atoms with Crippen LogP contribution in [0.2, 0.25) is 0 Å². The Hall–Kier alpha value is -3.61. The number of aromatic amines is 2. The van der Waals surface area contributed by atoms with Gasteiger partial charge in [-0.05, 0) is 49.4 Å². The molecule has 1 aromatic carbocycles. The molecule has 126 valence electrons. The van der Waals surface area contributed by atoms with E-state index in [4.69, 9.17) is 0 Å². The molecule has 0 aliphatic carbocycles. The van der Waals surface area contributed by atoms with E-state index < -0.39 is 5.97 Å². The van der Waals surface area contributed by atoms with Crippen molar-refractivity contribution in [1.29, 1.82) is 0 Å². The summed E-state index contributed by atoms with van der Waals surface area (Å²) in [5, 5.41) is 25.9. The Labute approximate surface area is 143 Å². The number of aromatic carboxylic acids is 1. The van der Waals surface area contributed by atoms with Crippen LogP contribution in [0, 0.1) is 6.92 Å². The van der Waals surface area contributed by atoms with Gasteiger partial charge < -0.3 is 15.2 Å². The molecule has 25 heavy (non-hydrogen) atoms. The van der Waals surface area contributed by atoms with E-state index in [1.54, 1.807) is 19.1 Å². The molecule has 7 heteroatoms. The summed E-state index contributed by atoms with van der Waals surface area (Å²) in [5.74, 6) is -0.883. The van der Waals surface area contributed by atoms with E-state index in [0.717, 1.165) is 0 Å². The van der Waals surface area contributed by atoms with E-state index in [-0.39, 0.29) is 11.3 Å². The maximum atomic E-state index is 11.4. The highest BCUT2D eigenvalue weighted by atomic mass is 16.4. The minimum absolute atomic E-state index is 0.143. The lowest BCUT2D eigenvalue weighted by molar-refractivity contribution is 0.0699. The normalized spacial score (nSPS) is 10.3. The molecular weight excluding hydrogens is 320 g/mol. The number of hydrogen-bond donors (Lipinski definition) is 4. The average Bonchev–Trinajstić information content (AvgIpc) is 3.29. The zero-order valence-electron chi connectivity index (χ0n) is 13.4. The summed E-state index contributed by atoms with van der Waals surface area (Å²) in [6.45, 7) is 1.75. The number of fused-ring (bicyclic) bond motifs is 1. The van der Waals surface area contributed by atoms with Crippen LogP contribution in [0.1, 0.15) is 16.1 Å². The number of aromatic nitrogens is 4. The van der Waals surface area contributed by atoms with Crippen LogP contribution in [0.25, 0.3) is 22.3 Å². The second-order valence-corrected chi connectivity index (χ2v) is 5.34. The van der Waals surface area contributed by atoms with Gasteiger partial charge in [-0.3, -0.25) is 5.10 Å². The topological polar surface area (TPSA) is 115 Å². The number of carbonyl (C=O) groups is 1. The van der Waals surface area contributed by atoms with E-state index in [1.165, 1.54) is 18.2 Å². The number of nitrogens with one attached hydrogen (secondary N) is 2. The summed E-state index contributed by atoms with van der Waals surface area (Å²) in [6.07, 6.45) is 3.75. The second kappa shape index (κ2) is 6.88. The monoisotopic (exact) mass is 336 g/mol. The predicted molar refractivity (Wildman–Crippen MR) is 93.5 cm³/mol. The van der Waals surface area contributed by atoms with Gasteiger partial charge in [-0.15, -0.1) is 0 Å². The molecule has 4 N–H and O–H groups in total. The molecule has 0 bridgehead atoms. The molecule has 3 aromatic heterocycles. The number of nitrogens with zero attached hydrogens (tertiary/aromatic N) is 2. The maximum Gasteiger partial charge on any atom is 0.336 e. The fourth-order valence-electron chi connectivity index (χ4n) is 2.40. The fourth-order valence-corrected chi connectivity index (χ4v) is 2.40. The highest BCUT2D eigenvalue weighted by Gasteiger charge is 2.16. The molecule has 0 aliphatic rings. The average molecular weight is 336 g/mol. The minimum atomic E-state index is -1.03. The van der Waals surface area contributed by atoms with Crippen LogP contribution < -0.4 is 0 Å². The first kappa shape index (κ1) is 16.3. The molecule has 0 radical (unpaired) electrons. The van der Waals surface area contributed by atoms with Crippen LogP contribution in [0.4, 0.5) is 0 Å². The van der Waals surface area contributed by atoms with Gasteiger partial charge in [-0.25, -0.2) is 9.78 Å². The number of aromatic hydroxyl groups is 1.